The Labute approximate surface area is 194 Å². The molecule has 0 heterocycles. The first kappa shape index (κ1) is 25.0. The standard InChI is InChI=1S/C23H30Cl2N2O4/c1-3-11-27(12-4-2)23(29)26-17-7-9-19(10-8-17)30-13-5-6-14-31-22-20(24)15-18(28)16-21(22)25/h7-10,15-16,28H,3-6,11-14H2,1-2H3,(H,26,29). The van der Waals surface area contributed by atoms with E-state index in [0.717, 1.165) is 50.2 Å². The summed E-state index contributed by atoms with van der Waals surface area (Å²) in [5, 5.41) is 12.9. The average molecular weight is 469 g/mol. The van der Waals surface area contributed by atoms with Crippen molar-refractivity contribution < 1.29 is 19.4 Å². The van der Waals surface area contributed by atoms with Crippen LogP contribution >= 0.6 is 23.2 Å². The smallest absolute Gasteiger partial charge is 0.321 e. The number of carbonyl (C=O) groups excluding carboxylic acids is 1. The number of hydrogen-bond acceptors (Lipinski definition) is 4. The van der Waals surface area contributed by atoms with E-state index in [2.05, 4.69) is 19.2 Å². The Kier molecular flexibility index (Phi) is 10.6. The summed E-state index contributed by atoms with van der Waals surface area (Å²) in [6.07, 6.45) is 3.40. The van der Waals surface area contributed by atoms with Crippen molar-refractivity contribution in [3.8, 4) is 17.2 Å². The molecule has 2 rings (SSSR count). The van der Waals surface area contributed by atoms with Gasteiger partial charge in [0.1, 0.15) is 11.5 Å². The lowest BCUT2D eigenvalue weighted by Gasteiger charge is -2.22. The summed E-state index contributed by atoms with van der Waals surface area (Å²) in [4.78, 5) is 14.2. The number of nitrogens with one attached hydrogen (secondary N) is 1. The van der Waals surface area contributed by atoms with E-state index in [1.165, 1.54) is 12.1 Å². The number of ether oxygens (including phenoxy) is 2. The van der Waals surface area contributed by atoms with Gasteiger partial charge >= 0.3 is 6.03 Å². The second-order valence-electron chi connectivity index (χ2n) is 7.08. The third-order valence-electron chi connectivity index (χ3n) is 4.42. The van der Waals surface area contributed by atoms with Crippen LogP contribution < -0.4 is 14.8 Å². The van der Waals surface area contributed by atoms with Crippen LogP contribution in [-0.4, -0.2) is 42.3 Å². The zero-order valence-electron chi connectivity index (χ0n) is 18.0. The number of rotatable bonds is 12. The van der Waals surface area contributed by atoms with Crippen LogP contribution in [0.1, 0.15) is 39.5 Å². The maximum atomic E-state index is 12.4. The van der Waals surface area contributed by atoms with E-state index in [4.69, 9.17) is 32.7 Å². The summed E-state index contributed by atoms with van der Waals surface area (Å²) in [6, 6.07) is 10.1. The van der Waals surface area contributed by atoms with Gasteiger partial charge in [0, 0.05) is 30.9 Å². The molecule has 0 saturated carbocycles. The van der Waals surface area contributed by atoms with E-state index in [-0.39, 0.29) is 21.8 Å². The van der Waals surface area contributed by atoms with Gasteiger partial charge in [-0.15, -0.1) is 0 Å². The molecule has 2 amide bonds. The van der Waals surface area contributed by atoms with Crippen molar-refractivity contribution in [2.75, 3.05) is 31.6 Å². The Morgan fingerprint density at radius 2 is 1.52 bits per heavy atom. The fraction of sp³-hybridized carbons (Fsp3) is 0.435. The molecule has 2 aromatic rings. The number of nitrogens with zero attached hydrogens (tertiary/aromatic N) is 1. The Bertz CT molecular complexity index is 802. The van der Waals surface area contributed by atoms with Gasteiger partial charge in [0.15, 0.2) is 5.75 Å². The number of phenols is 1. The highest BCUT2D eigenvalue weighted by Gasteiger charge is 2.12. The highest BCUT2D eigenvalue weighted by molar-refractivity contribution is 6.37. The van der Waals surface area contributed by atoms with E-state index in [1.54, 1.807) is 0 Å². The number of phenolic OH excluding ortho intramolecular Hbond substituents is 1. The molecule has 0 radical (unpaired) electrons. The fourth-order valence-corrected chi connectivity index (χ4v) is 3.53. The molecule has 0 spiro atoms. The van der Waals surface area contributed by atoms with Gasteiger partial charge in [0.2, 0.25) is 0 Å². The van der Waals surface area contributed by atoms with Crippen LogP contribution in [-0.2, 0) is 0 Å². The fourth-order valence-electron chi connectivity index (χ4n) is 2.94. The van der Waals surface area contributed by atoms with Gasteiger partial charge in [-0.2, -0.15) is 0 Å². The van der Waals surface area contributed by atoms with Crippen LogP contribution in [0, 0.1) is 0 Å². The minimum absolute atomic E-state index is 0.000537. The van der Waals surface area contributed by atoms with Gasteiger partial charge < -0.3 is 24.8 Å². The summed E-state index contributed by atoms with van der Waals surface area (Å²) in [5.41, 5.74) is 0.741. The highest BCUT2D eigenvalue weighted by Crippen LogP contribution is 2.36. The molecule has 0 atom stereocenters. The summed E-state index contributed by atoms with van der Waals surface area (Å²) >= 11 is 12.0. The first-order valence-electron chi connectivity index (χ1n) is 10.5. The average Bonchev–Trinajstić information content (AvgIpc) is 2.73. The quantitative estimate of drug-likeness (QED) is 0.344. The number of urea groups is 1. The molecule has 170 valence electrons. The molecule has 2 aromatic carbocycles. The first-order chi connectivity index (χ1) is 14.9. The lowest BCUT2D eigenvalue weighted by molar-refractivity contribution is 0.211. The summed E-state index contributed by atoms with van der Waals surface area (Å²) < 4.78 is 11.3. The molecule has 0 saturated heterocycles. The van der Waals surface area contributed by atoms with Gasteiger partial charge in [-0.1, -0.05) is 37.0 Å². The van der Waals surface area contributed by atoms with E-state index in [0.29, 0.717) is 19.0 Å². The van der Waals surface area contributed by atoms with Crippen molar-refractivity contribution in [2.24, 2.45) is 0 Å². The molecule has 0 aromatic heterocycles. The number of carbonyl (C=O) groups is 1. The second kappa shape index (κ2) is 13.2. The SMILES string of the molecule is CCCN(CCC)C(=O)Nc1ccc(OCCCCOc2c(Cl)cc(O)cc2Cl)cc1. The molecule has 0 unspecified atom stereocenters. The molecule has 31 heavy (non-hydrogen) atoms. The molecule has 0 aliphatic rings. The Balaban J connectivity index is 1.70. The zero-order chi connectivity index (χ0) is 22.6. The van der Waals surface area contributed by atoms with Crippen molar-refractivity contribution in [3.05, 3.63) is 46.4 Å². The van der Waals surface area contributed by atoms with Gasteiger partial charge in [0.05, 0.1) is 23.3 Å². The van der Waals surface area contributed by atoms with Gasteiger partial charge in [-0.3, -0.25) is 0 Å². The van der Waals surface area contributed by atoms with Crippen LogP contribution in [0.3, 0.4) is 0 Å². The maximum Gasteiger partial charge on any atom is 0.321 e. The van der Waals surface area contributed by atoms with Crippen LogP contribution in [0.2, 0.25) is 10.0 Å². The largest absolute Gasteiger partial charge is 0.508 e. The maximum absolute atomic E-state index is 12.4. The molecule has 6 nitrogen and oxygen atoms in total. The molecular weight excluding hydrogens is 439 g/mol. The number of hydrogen-bond donors (Lipinski definition) is 2. The minimum Gasteiger partial charge on any atom is -0.508 e. The predicted octanol–water partition coefficient (Wildman–Crippen LogP) is 6.59. The normalized spacial score (nSPS) is 10.6. The molecule has 0 bridgehead atoms. The third kappa shape index (κ3) is 8.38. The van der Waals surface area contributed by atoms with Crippen molar-refractivity contribution in [2.45, 2.75) is 39.5 Å². The van der Waals surface area contributed by atoms with Crippen molar-refractivity contribution in [3.63, 3.8) is 0 Å². The Morgan fingerprint density at radius 3 is 2.06 bits per heavy atom. The molecular formula is C23H30Cl2N2O4. The number of unbranched alkanes of at least 4 members (excludes halogenated alkanes) is 1. The number of anilines is 1. The highest BCUT2D eigenvalue weighted by atomic mass is 35.5. The summed E-state index contributed by atoms with van der Waals surface area (Å²) in [7, 11) is 0. The molecule has 0 aliphatic carbocycles. The molecule has 0 aliphatic heterocycles. The summed E-state index contributed by atoms with van der Waals surface area (Å²) in [5.74, 6) is 1.11. The minimum atomic E-state index is -0.0776. The third-order valence-corrected chi connectivity index (χ3v) is 4.98. The number of aromatic hydroxyl groups is 1. The van der Waals surface area contributed by atoms with E-state index >= 15 is 0 Å². The van der Waals surface area contributed by atoms with Crippen LogP contribution in [0.15, 0.2) is 36.4 Å². The number of amides is 2. The van der Waals surface area contributed by atoms with Crippen molar-refractivity contribution in [1.29, 1.82) is 0 Å². The van der Waals surface area contributed by atoms with Crippen LogP contribution in [0.4, 0.5) is 10.5 Å². The predicted molar refractivity (Wildman–Crippen MR) is 126 cm³/mol. The lowest BCUT2D eigenvalue weighted by Crippen LogP contribution is -2.36. The second-order valence-corrected chi connectivity index (χ2v) is 7.90. The topological polar surface area (TPSA) is 71.0 Å². The molecule has 8 heteroatoms. The Morgan fingerprint density at radius 1 is 0.968 bits per heavy atom. The van der Waals surface area contributed by atoms with Gasteiger partial charge in [-0.05, 0) is 49.9 Å². The number of halogens is 2. The van der Waals surface area contributed by atoms with Crippen molar-refractivity contribution in [1.82, 2.24) is 4.90 Å². The Hall–Kier alpha value is -2.31. The van der Waals surface area contributed by atoms with E-state index in [1.807, 2.05) is 29.2 Å². The van der Waals surface area contributed by atoms with E-state index < -0.39 is 0 Å². The van der Waals surface area contributed by atoms with Gasteiger partial charge in [-0.25, -0.2) is 4.79 Å². The monoisotopic (exact) mass is 468 g/mol. The van der Waals surface area contributed by atoms with Crippen LogP contribution in [0.25, 0.3) is 0 Å². The first-order valence-corrected chi connectivity index (χ1v) is 11.3. The molecule has 0 fully saturated rings. The van der Waals surface area contributed by atoms with Crippen LogP contribution in [0.5, 0.6) is 17.2 Å². The number of benzene rings is 2. The molecule has 2 N–H and O–H groups in total. The summed E-state index contributed by atoms with van der Waals surface area (Å²) in [6.45, 7) is 6.58. The van der Waals surface area contributed by atoms with Gasteiger partial charge in [0.25, 0.3) is 0 Å². The lowest BCUT2D eigenvalue weighted by atomic mass is 10.3. The van der Waals surface area contributed by atoms with E-state index in [9.17, 15) is 9.90 Å². The zero-order valence-corrected chi connectivity index (χ0v) is 19.5. The van der Waals surface area contributed by atoms with Crippen molar-refractivity contribution >= 4 is 34.9 Å².